The number of aromatic nitrogens is 2. The van der Waals surface area contributed by atoms with Crippen LogP contribution in [0.25, 0.3) is 0 Å². The summed E-state index contributed by atoms with van der Waals surface area (Å²) in [6.45, 7) is 3.87. The van der Waals surface area contributed by atoms with E-state index in [-0.39, 0.29) is 30.1 Å². The van der Waals surface area contributed by atoms with Crippen LogP contribution in [0.15, 0.2) is 60.9 Å². The summed E-state index contributed by atoms with van der Waals surface area (Å²) in [5.41, 5.74) is 1.67. The summed E-state index contributed by atoms with van der Waals surface area (Å²) in [6.07, 6.45) is 3.06. The third kappa shape index (κ3) is 4.67. The first-order chi connectivity index (χ1) is 15.5. The first-order valence-corrected chi connectivity index (χ1v) is 10.3. The number of carbonyl (C=O) groups excluding carboxylic acids is 1. The van der Waals surface area contributed by atoms with E-state index in [9.17, 15) is 14.4 Å². The summed E-state index contributed by atoms with van der Waals surface area (Å²) in [5.74, 6) is 0.748. The van der Waals surface area contributed by atoms with Crippen molar-refractivity contribution >= 4 is 11.7 Å². The largest absolute Gasteiger partial charge is 0.489 e. The Balaban J connectivity index is 1.41. The third-order valence-corrected chi connectivity index (χ3v) is 5.37. The highest BCUT2D eigenvalue weighted by Gasteiger charge is 2.30. The van der Waals surface area contributed by atoms with Crippen molar-refractivity contribution in [2.75, 3.05) is 24.5 Å². The molecule has 2 heterocycles. The first-order valence-electron chi connectivity index (χ1n) is 10.3. The Kier molecular flexibility index (Phi) is 6.26. The van der Waals surface area contributed by atoms with E-state index in [0.29, 0.717) is 36.8 Å². The van der Waals surface area contributed by atoms with Crippen LogP contribution in [0.3, 0.4) is 0 Å². The van der Waals surface area contributed by atoms with Crippen molar-refractivity contribution in [3.05, 3.63) is 83.6 Å². The number of rotatable bonds is 5. The molecule has 2 aromatic carbocycles. The van der Waals surface area contributed by atoms with Gasteiger partial charge in [-0.3, -0.25) is 4.79 Å². The van der Waals surface area contributed by atoms with E-state index >= 15 is 0 Å². The van der Waals surface area contributed by atoms with Gasteiger partial charge in [-0.15, -0.1) is 0 Å². The maximum absolute atomic E-state index is 13.2. The third-order valence-electron chi connectivity index (χ3n) is 5.37. The van der Waals surface area contributed by atoms with E-state index in [1.165, 1.54) is 18.3 Å². The van der Waals surface area contributed by atoms with Gasteiger partial charge in [-0.2, -0.15) is 5.26 Å². The van der Waals surface area contributed by atoms with E-state index in [2.05, 4.69) is 16.0 Å². The smallest absolute Gasteiger partial charge is 0.254 e. The summed E-state index contributed by atoms with van der Waals surface area (Å²) in [4.78, 5) is 25.3. The number of anilines is 1. The van der Waals surface area contributed by atoms with E-state index in [1.54, 1.807) is 42.6 Å². The summed E-state index contributed by atoms with van der Waals surface area (Å²) in [6, 6.07) is 15.2. The van der Waals surface area contributed by atoms with E-state index in [0.717, 1.165) is 5.56 Å². The summed E-state index contributed by atoms with van der Waals surface area (Å²) < 4.78 is 18.8. The minimum absolute atomic E-state index is 0.0754. The van der Waals surface area contributed by atoms with Gasteiger partial charge in [0, 0.05) is 43.6 Å². The van der Waals surface area contributed by atoms with Crippen LogP contribution >= 0.6 is 0 Å². The number of nitriles is 1. The molecule has 1 fully saturated rings. The van der Waals surface area contributed by atoms with Crippen LogP contribution in [0.5, 0.6) is 5.75 Å². The van der Waals surface area contributed by atoms with Gasteiger partial charge in [0.25, 0.3) is 5.91 Å². The van der Waals surface area contributed by atoms with Crippen molar-refractivity contribution in [3.63, 3.8) is 0 Å². The number of hydrogen-bond donors (Lipinski definition) is 0. The van der Waals surface area contributed by atoms with Crippen molar-refractivity contribution in [2.45, 2.75) is 19.6 Å². The molecule has 0 aliphatic carbocycles. The average molecular weight is 431 g/mol. The van der Waals surface area contributed by atoms with Gasteiger partial charge in [-0.05, 0) is 42.8 Å². The minimum Gasteiger partial charge on any atom is -0.489 e. The number of carbonyl (C=O) groups is 1. The molecular weight excluding hydrogens is 409 g/mol. The number of hydrogen-bond acceptors (Lipinski definition) is 6. The maximum atomic E-state index is 13.2. The lowest BCUT2D eigenvalue weighted by atomic mass is 10.1. The minimum atomic E-state index is -0.293. The van der Waals surface area contributed by atoms with Gasteiger partial charge in [0.2, 0.25) is 0 Å². The molecule has 1 aliphatic heterocycles. The predicted molar refractivity (Wildman–Crippen MR) is 117 cm³/mol. The van der Waals surface area contributed by atoms with Crippen LogP contribution in [0, 0.1) is 17.1 Å². The Hall–Kier alpha value is -3.99. The Bertz CT molecular complexity index is 1150. The summed E-state index contributed by atoms with van der Waals surface area (Å²) in [7, 11) is 0. The fourth-order valence-electron chi connectivity index (χ4n) is 3.72. The lowest BCUT2D eigenvalue weighted by Crippen LogP contribution is -2.54. The maximum Gasteiger partial charge on any atom is 0.254 e. The SMILES string of the molecule is C[C@@H]1CN(c2nccnc2C#N)CCN1C(=O)c1cccc(OCc2ccc(F)cc2)c1. The molecule has 3 aromatic rings. The second kappa shape index (κ2) is 9.43. The van der Waals surface area contributed by atoms with E-state index < -0.39 is 0 Å². The van der Waals surface area contributed by atoms with Crippen LogP contribution in [0.4, 0.5) is 10.2 Å². The average Bonchev–Trinajstić information content (AvgIpc) is 2.83. The highest BCUT2D eigenvalue weighted by Crippen LogP contribution is 2.22. The number of nitrogens with zero attached hydrogens (tertiary/aromatic N) is 5. The van der Waals surface area contributed by atoms with Crippen molar-refractivity contribution < 1.29 is 13.9 Å². The van der Waals surface area contributed by atoms with Crippen molar-refractivity contribution in [2.24, 2.45) is 0 Å². The zero-order valence-corrected chi connectivity index (χ0v) is 17.6. The topological polar surface area (TPSA) is 82.4 Å². The molecule has 1 aromatic heterocycles. The second-order valence-electron chi connectivity index (χ2n) is 7.58. The van der Waals surface area contributed by atoms with Gasteiger partial charge in [0.05, 0.1) is 0 Å². The zero-order valence-electron chi connectivity index (χ0n) is 17.6. The number of ether oxygens (including phenoxy) is 1. The molecule has 1 atom stereocenters. The van der Waals surface area contributed by atoms with Crippen LogP contribution in [0.1, 0.15) is 28.5 Å². The number of benzene rings is 2. The van der Waals surface area contributed by atoms with Crippen molar-refractivity contribution in [3.8, 4) is 11.8 Å². The lowest BCUT2D eigenvalue weighted by Gasteiger charge is -2.40. The Morgan fingerprint density at radius 3 is 2.72 bits per heavy atom. The fraction of sp³-hybridized carbons (Fsp3) is 0.250. The summed E-state index contributed by atoms with van der Waals surface area (Å²) >= 11 is 0. The molecule has 32 heavy (non-hydrogen) atoms. The fourth-order valence-corrected chi connectivity index (χ4v) is 3.72. The molecule has 0 N–H and O–H groups in total. The Morgan fingerprint density at radius 1 is 1.19 bits per heavy atom. The molecule has 162 valence electrons. The standard InChI is InChI=1S/C24H22FN5O2/c1-17-15-29(23-22(14-26)27-9-10-28-23)11-12-30(17)24(31)19-3-2-4-21(13-19)32-16-18-5-7-20(25)8-6-18/h2-10,13,17H,11-12,15-16H2,1H3/t17-/m1/s1. The predicted octanol–water partition coefficient (Wildman–Crippen LogP) is 3.42. The Morgan fingerprint density at radius 2 is 1.97 bits per heavy atom. The van der Waals surface area contributed by atoms with Gasteiger partial charge in [-0.25, -0.2) is 14.4 Å². The molecule has 1 aliphatic rings. The van der Waals surface area contributed by atoms with Crippen molar-refractivity contribution in [1.29, 1.82) is 5.26 Å². The molecule has 7 nitrogen and oxygen atoms in total. The van der Waals surface area contributed by atoms with Gasteiger partial charge >= 0.3 is 0 Å². The Labute approximate surface area is 185 Å². The first kappa shape index (κ1) is 21.2. The van der Waals surface area contributed by atoms with E-state index in [1.807, 2.05) is 16.7 Å². The molecule has 8 heteroatoms. The van der Waals surface area contributed by atoms with Gasteiger partial charge in [0.15, 0.2) is 11.5 Å². The van der Waals surface area contributed by atoms with Gasteiger partial charge in [-0.1, -0.05) is 18.2 Å². The number of piperazine rings is 1. The molecule has 0 unspecified atom stereocenters. The quantitative estimate of drug-likeness (QED) is 0.616. The molecule has 0 bridgehead atoms. The highest BCUT2D eigenvalue weighted by atomic mass is 19.1. The second-order valence-corrected chi connectivity index (χ2v) is 7.58. The molecule has 1 saturated heterocycles. The normalized spacial score (nSPS) is 15.8. The summed E-state index contributed by atoms with van der Waals surface area (Å²) in [5, 5.41) is 9.29. The molecular formula is C24H22FN5O2. The number of halogens is 1. The van der Waals surface area contributed by atoms with Crippen LogP contribution < -0.4 is 9.64 Å². The molecule has 0 saturated carbocycles. The van der Waals surface area contributed by atoms with Gasteiger partial charge in [0.1, 0.15) is 24.2 Å². The van der Waals surface area contributed by atoms with Crippen molar-refractivity contribution in [1.82, 2.24) is 14.9 Å². The van der Waals surface area contributed by atoms with Crippen LogP contribution in [-0.2, 0) is 6.61 Å². The monoisotopic (exact) mass is 431 g/mol. The zero-order chi connectivity index (χ0) is 22.5. The molecule has 4 rings (SSSR count). The lowest BCUT2D eigenvalue weighted by molar-refractivity contribution is 0.0673. The molecule has 1 amide bonds. The van der Waals surface area contributed by atoms with Crippen LogP contribution in [0.2, 0.25) is 0 Å². The molecule has 0 radical (unpaired) electrons. The highest BCUT2D eigenvalue weighted by molar-refractivity contribution is 5.95. The van der Waals surface area contributed by atoms with Crippen LogP contribution in [-0.4, -0.2) is 46.5 Å². The van der Waals surface area contributed by atoms with Gasteiger partial charge < -0.3 is 14.5 Å². The molecule has 0 spiro atoms. The number of amides is 1. The van der Waals surface area contributed by atoms with E-state index in [4.69, 9.17) is 4.74 Å².